The van der Waals surface area contributed by atoms with Crippen molar-refractivity contribution < 1.29 is 4.74 Å². The Bertz CT molecular complexity index is 138. The number of unbranched alkanes of at least 4 members (excludes halogenated alkanes) is 2. The molecule has 2 heteroatoms. The molecule has 0 saturated carbocycles. The minimum Gasteiger partial charge on any atom is -0.363 e. The topological polar surface area (TPSA) is 12.5 Å². The van der Waals surface area contributed by atoms with Crippen molar-refractivity contribution in [2.45, 2.75) is 58.6 Å². The van der Waals surface area contributed by atoms with Crippen molar-refractivity contribution in [2.75, 3.05) is 19.7 Å². The van der Waals surface area contributed by atoms with Crippen LogP contribution in [0.5, 0.6) is 0 Å². The Balaban J connectivity index is 2.13. The second-order valence-electron chi connectivity index (χ2n) is 4.16. The van der Waals surface area contributed by atoms with Gasteiger partial charge in [-0.25, -0.2) is 0 Å². The van der Waals surface area contributed by atoms with Gasteiger partial charge >= 0.3 is 0 Å². The van der Waals surface area contributed by atoms with Crippen molar-refractivity contribution in [3.05, 3.63) is 0 Å². The summed E-state index contributed by atoms with van der Waals surface area (Å²) in [6.07, 6.45) is 8.16. The summed E-state index contributed by atoms with van der Waals surface area (Å²) < 4.78 is 5.91. The molecule has 1 rings (SSSR count). The first-order valence-electron chi connectivity index (χ1n) is 6.24. The van der Waals surface area contributed by atoms with E-state index in [2.05, 4.69) is 18.7 Å². The summed E-state index contributed by atoms with van der Waals surface area (Å²) in [5.74, 6) is 0. The third kappa shape index (κ3) is 3.97. The maximum Gasteiger partial charge on any atom is 0.110 e. The number of piperidine rings is 1. The van der Waals surface area contributed by atoms with Crippen molar-refractivity contribution in [1.29, 1.82) is 0 Å². The molecule has 0 aromatic heterocycles. The van der Waals surface area contributed by atoms with Crippen LogP contribution in [0.4, 0.5) is 0 Å². The summed E-state index contributed by atoms with van der Waals surface area (Å²) in [4.78, 5) is 2.47. The fourth-order valence-corrected chi connectivity index (χ4v) is 2.08. The molecule has 0 aromatic rings. The Hall–Kier alpha value is -0.0800. The van der Waals surface area contributed by atoms with Gasteiger partial charge < -0.3 is 4.74 Å². The lowest BCUT2D eigenvalue weighted by Crippen LogP contribution is -2.41. The lowest BCUT2D eigenvalue weighted by atomic mass is 10.1. The van der Waals surface area contributed by atoms with Crippen LogP contribution in [0.3, 0.4) is 0 Å². The highest BCUT2D eigenvalue weighted by atomic mass is 16.5. The molecule has 1 aliphatic rings. The molecule has 2 nitrogen and oxygen atoms in total. The molecule has 0 bridgehead atoms. The molecule has 0 spiro atoms. The van der Waals surface area contributed by atoms with Crippen LogP contribution in [0.1, 0.15) is 52.4 Å². The van der Waals surface area contributed by atoms with E-state index in [0.717, 1.165) is 13.2 Å². The Labute approximate surface area is 88.6 Å². The molecule has 14 heavy (non-hydrogen) atoms. The van der Waals surface area contributed by atoms with Crippen LogP contribution in [0.15, 0.2) is 0 Å². The zero-order valence-electron chi connectivity index (χ0n) is 9.80. The van der Waals surface area contributed by atoms with Gasteiger partial charge in [0.25, 0.3) is 0 Å². The molecule has 1 saturated heterocycles. The third-order valence-corrected chi connectivity index (χ3v) is 3.02. The summed E-state index contributed by atoms with van der Waals surface area (Å²) in [7, 11) is 0. The largest absolute Gasteiger partial charge is 0.363 e. The maximum atomic E-state index is 5.91. The van der Waals surface area contributed by atoms with Gasteiger partial charge in [0.2, 0.25) is 0 Å². The molecule has 0 aromatic carbocycles. The van der Waals surface area contributed by atoms with Crippen molar-refractivity contribution >= 4 is 0 Å². The van der Waals surface area contributed by atoms with Crippen molar-refractivity contribution in [1.82, 2.24) is 4.90 Å². The number of nitrogens with zero attached hydrogens (tertiary/aromatic N) is 1. The van der Waals surface area contributed by atoms with Crippen LogP contribution in [0.25, 0.3) is 0 Å². The Morgan fingerprint density at radius 3 is 2.79 bits per heavy atom. The molecule has 1 aliphatic heterocycles. The lowest BCUT2D eigenvalue weighted by molar-refractivity contribution is -0.0782. The first-order valence-corrected chi connectivity index (χ1v) is 6.24. The van der Waals surface area contributed by atoms with E-state index < -0.39 is 0 Å². The Morgan fingerprint density at radius 2 is 2.07 bits per heavy atom. The lowest BCUT2D eigenvalue weighted by Gasteiger charge is -2.34. The fraction of sp³-hybridized carbons (Fsp3) is 1.00. The average molecular weight is 199 g/mol. The highest BCUT2D eigenvalue weighted by molar-refractivity contribution is 4.68. The number of ether oxygens (including phenoxy) is 1. The minimum absolute atomic E-state index is 0.422. The van der Waals surface area contributed by atoms with Gasteiger partial charge in [-0.3, -0.25) is 4.90 Å². The van der Waals surface area contributed by atoms with Crippen molar-refractivity contribution in [3.63, 3.8) is 0 Å². The highest BCUT2D eigenvalue weighted by Gasteiger charge is 2.20. The predicted molar refractivity (Wildman–Crippen MR) is 60.4 cm³/mol. The van der Waals surface area contributed by atoms with Gasteiger partial charge in [-0.05, 0) is 32.2 Å². The van der Waals surface area contributed by atoms with Crippen LogP contribution in [0.2, 0.25) is 0 Å². The molecular formula is C12H25NO. The van der Waals surface area contributed by atoms with Gasteiger partial charge in [0.1, 0.15) is 6.23 Å². The van der Waals surface area contributed by atoms with E-state index in [1.807, 2.05) is 0 Å². The fourth-order valence-electron chi connectivity index (χ4n) is 2.08. The smallest absolute Gasteiger partial charge is 0.110 e. The monoisotopic (exact) mass is 199 g/mol. The van der Waals surface area contributed by atoms with Crippen molar-refractivity contribution in [3.8, 4) is 0 Å². The summed E-state index contributed by atoms with van der Waals surface area (Å²) >= 11 is 0. The van der Waals surface area contributed by atoms with E-state index in [-0.39, 0.29) is 0 Å². The van der Waals surface area contributed by atoms with E-state index in [1.165, 1.54) is 45.1 Å². The second kappa shape index (κ2) is 7.24. The van der Waals surface area contributed by atoms with Crippen LogP contribution >= 0.6 is 0 Å². The molecular weight excluding hydrogens is 174 g/mol. The zero-order valence-corrected chi connectivity index (χ0v) is 9.80. The molecule has 0 radical (unpaired) electrons. The summed E-state index contributed by atoms with van der Waals surface area (Å²) in [5, 5.41) is 0. The SMILES string of the molecule is CCCCCOC1CCCCN1CC. The first kappa shape index (κ1) is 12.0. The van der Waals surface area contributed by atoms with Crippen molar-refractivity contribution in [2.24, 2.45) is 0 Å². The van der Waals surface area contributed by atoms with Crippen LogP contribution in [0, 0.1) is 0 Å². The maximum absolute atomic E-state index is 5.91. The summed E-state index contributed by atoms with van der Waals surface area (Å²) in [6.45, 7) is 7.79. The van der Waals surface area contributed by atoms with Crippen LogP contribution in [-0.4, -0.2) is 30.8 Å². The second-order valence-corrected chi connectivity index (χ2v) is 4.16. The molecule has 1 atom stereocenters. The minimum atomic E-state index is 0.422. The Kier molecular flexibility index (Phi) is 6.20. The molecule has 0 amide bonds. The zero-order chi connectivity index (χ0) is 10.2. The standard InChI is InChI=1S/C12H25NO/c1-3-5-8-11-14-12-9-6-7-10-13(12)4-2/h12H,3-11H2,1-2H3. The number of rotatable bonds is 6. The van der Waals surface area contributed by atoms with Gasteiger partial charge in [-0.1, -0.05) is 26.7 Å². The van der Waals surface area contributed by atoms with Gasteiger partial charge in [-0.15, -0.1) is 0 Å². The molecule has 84 valence electrons. The molecule has 1 heterocycles. The first-order chi connectivity index (χ1) is 6.88. The van der Waals surface area contributed by atoms with Gasteiger partial charge in [0, 0.05) is 13.2 Å². The quantitative estimate of drug-likeness (QED) is 0.610. The van der Waals surface area contributed by atoms with Crippen LogP contribution in [-0.2, 0) is 4.74 Å². The van der Waals surface area contributed by atoms with E-state index in [4.69, 9.17) is 4.74 Å². The van der Waals surface area contributed by atoms with E-state index in [9.17, 15) is 0 Å². The molecule has 1 fully saturated rings. The number of hydrogen-bond donors (Lipinski definition) is 0. The van der Waals surface area contributed by atoms with E-state index >= 15 is 0 Å². The normalized spacial score (nSPS) is 24.0. The van der Waals surface area contributed by atoms with E-state index in [0.29, 0.717) is 6.23 Å². The van der Waals surface area contributed by atoms with Gasteiger partial charge in [0.05, 0.1) is 0 Å². The number of likely N-dealkylation sites (tertiary alicyclic amines) is 1. The van der Waals surface area contributed by atoms with Gasteiger partial charge in [-0.2, -0.15) is 0 Å². The average Bonchev–Trinajstić information content (AvgIpc) is 2.25. The summed E-state index contributed by atoms with van der Waals surface area (Å²) in [5.41, 5.74) is 0. The summed E-state index contributed by atoms with van der Waals surface area (Å²) in [6, 6.07) is 0. The molecule has 0 N–H and O–H groups in total. The predicted octanol–water partition coefficient (Wildman–Crippen LogP) is 3.03. The number of hydrogen-bond acceptors (Lipinski definition) is 2. The third-order valence-electron chi connectivity index (χ3n) is 3.02. The van der Waals surface area contributed by atoms with Gasteiger partial charge in [0.15, 0.2) is 0 Å². The van der Waals surface area contributed by atoms with Crippen LogP contribution < -0.4 is 0 Å². The van der Waals surface area contributed by atoms with E-state index in [1.54, 1.807) is 0 Å². The Morgan fingerprint density at radius 1 is 1.21 bits per heavy atom. The molecule has 1 unspecified atom stereocenters. The highest BCUT2D eigenvalue weighted by Crippen LogP contribution is 2.17. The molecule has 0 aliphatic carbocycles.